The van der Waals surface area contributed by atoms with Crippen LogP contribution < -0.4 is 10.3 Å². The summed E-state index contributed by atoms with van der Waals surface area (Å²) in [6, 6.07) is 7.39. The van der Waals surface area contributed by atoms with Crippen molar-refractivity contribution in [3.8, 4) is 11.4 Å². The van der Waals surface area contributed by atoms with Crippen LogP contribution in [0.3, 0.4) is 0 Å². The number of nitrogens with zero attached hydrogens (tertiary/aromatic N) is 3. The standard InChI is InChI=1S/C17H17Cl2N3O3/c1-9(24-3)13-15(25-4)14(17(23)21(2)20-13)22-11-8-6-5-7-10(11)12(18)16(22)19/h5-9H,1-4H3. The fourth-order valence-corrected chi connectivity index (χ4v) is 3.31. The Morgan fingerprint density at radius 3 is 2.52 bits per heavy atom. The van der Waals surface area contributed by atoms with Crippen LogP contribution in [0, 0.1) is 0 Å². The van der Waals surface area contributed by atoms with Crippen molar-refractivity contribution >= 4 is 34.1 Å². The number of fused-ring (bicyclic) bond motifs is 1. The molecule has 0 saturated heterocycles. The number of ether oxygens (including phenoxy) is 2. The van der Waals surface area contributed by atoms with Gasteiger partial charge in [0.2, 0.25) is 0 Å². The number of aryl methyl sites for hydroxylation is 1. The highest BCUT2D eigenvalue weighted by atomic mass is 35.5. The Morgan fingerprint density at radius 1 is 1.20 bits per heavy atom. The molecule has 0 amide bonds. The average Bonchev–Trinajstić information content (AvgIpc) is 2.87. The highest BCUT2D eigenvalue weighted by Crippen LogP contribution is 2.39. The van der Waals surface area contributed by atoms with Crippen molar-refractivity contribution in [3.63, 3.8) is 0 Å². The molecule has 0 saturated carbocycles. The van der Waals surface area contributed by atoms with Gasteiger partial charge in [-0.1, -0.05) is 41.4 Å². The van der Waals surface area contributed by atoms with Gasteiger partial charge in [0.15, 0.2) is 11.4 Å². The maximum absolute atomic E-state index is 12.9. The molecule has 3 aromatic rings. The molecule has 0 aliphatic heterocycles. The lowest BCUT2D eigenvalue weighted by Crippen LogP contribution is -2.27. The van der Waals surface area contributed by atoms with Gasteiger partial charge in [0.05, 0.1) is 17.6 Å². The van der Waals surface area contributed by atoms with Crippen molar-refractivity contribution in [1.29, 1.82) is 0 Å². The molecule has 2 aromatic heterocycles. The number of hydrogen-bond acceptors (Lipinski definition) is 4. The van der Waals surface area contributed by atoms with Gasteiger partial charge in [-0.25, -0.2) is 4.68 Å². The lowest BCUT2D eigenvalue weighted by Gasteiger charge is -2.18. The highest BCUT2D eigenvalue weighted by Gasteiger charge is 2.26. The predicted octanol–water partition coefficient (Wildman–Crippen LogP) is 3.75. The second-order valence-electron chi connectivity index (χ2n) is 5.53. The van der Waals surface area contributed by atoms with Crippen LogP contribution >= 0.6 is 23.2 Å². The minimum atomic E-state index is -0.378. The maximum atomic E-state index is 12.9. The lowest BCUT2D eigenvalue weighted by molar-refractivity contribution is 0.111. The zero-order valence-corrected chi connectivity index (χ0v) is 15.7. The summed E-state index contributed by atoms with van der Waals surface area (Å²) in [6.07, 6.45) is -0.378. The summed E-state index contributed by atoms with van der Waals surface area (Å²) in [5.41, 5.74) is 1.08. The van der Waals surface area contributed by atoms with E-state index in [4.69, 9.17) is 32.7 Å². The molecule has 8 heteroatoms. The van der Waals surface area contributed by atoms with Crippen molar-refractivity contribution in [2.75, 3.05) is 14.2 Å². The molecule has 6 nitrogen and oxygen atoms in total. The maximum Gasteiger partial charge on any atom is 0.294 e. The van der Waals surface area contributed by atoms with E-state index in [1.165, 1.54) is 11.8 Å². The molecule has 0 radical (unpaired) electrons. The minimum absolute atomic E-state index is 0.237. The third-order valence-electron chi connectivity index (χ3n) is 4.13. The summed E-state index contributed by atoms with van der Waals surface area (Å²) in [6.45, 7) is 1.82. The molecule has 0 bridgehead atoms. The number of halogens is 2. The van der Waals surface area contributed by atoms with Crippen LogP contribution in [-0.2, 0) is 11.8 Å². The number of methoxy groups -OCH3 is 2. The molecular weight excluding hydrogens is 365 g/mol. The zero-order valence-electron chi connectivity index (χ0n) is 14.2. The second kappa shape index (κ2) is 6.71. The summed E-state index contributed by atoms with van der Waals surface area (Å²) in [5, 5.41) is 5.64. The van der Waals surface area contributed by atoms with Gasteiger partial charge in [0.1, 0.15) is 17.0 Å². The van der Waals surface area contributed by atoms with Gasteiger partial charge in [-0.2, -0.15) is 5.10 Å². The molecule has 0 spiro atoms. The first-order valence-corrected chi connectivity index (χ1v) is 8.30. The van der Waals surface area contributed by atoms with E-state index >= 15 is 0 Å². The molecule has 0 aliphatic carbocycles. The Balaban J connectivity index is 2.49. The van der Waals surface area contributed by atoms with E-state index in [-0.39, 0.29) is 22.5 Å². The van der Waals surface area contributed by atoms with Crippen molar-refractivity contribution in [2.45, 2.75) is 13.0 Å². The number of hydrogen-bond donors (Lipinski definition) is 0. The van der Waals surface area contributed by atoms with Crippen LogP contribution in [0.5, 0.6) is 5.75 Å². The van der Waals surface area contributed by atoms with Crippen LogP contribution in [-0.4, -0.2) is 28.6 Å². The molecule has 2 heterocycles. The topological polar surface area (TPSA) is 58.3 Å². The Labute approximate surface area is 154 Å². The van der Waals surface area contributed by atoms with E-state index in [0.717, 1.165) is 5.39 Å². The number of para-hydroxylation sites is 1. The van der Waals surface area contributed by atoms with E-state index in [0.29, 0.717) is 22.0 Å². The van der Waals surface area contributed by atoms with Gasteiger partial charge in [-0.15, -0.1) is 0 Å². The molecule has 1 atom stereocenters. The highest BCUT2D eigenvalue weighted by molar-refractivity contribution is 6.45. The normalized spacial score (nSPS) is 12.6. The van der Waals surface area contributed by atoms with Crippen molar-refractivity contribution in [2.24, 2.45) is 7.05 Å². The molecule has 0 N–H and O–H groups in total. The van der Waals surface area contributed by atoms with Gasteiger partial charge in [0.25, 0.3) is 5.56 Å². The predicted molar refractivity (Wildman–Crippen MR) is 98.3 cm³/mol. The van der Waals surface area contributed by atoms with Crippen LogP contribution in [0.25, 0.3) is 16.6 Å². The summed E-state index contributed by atoms with van der Waals surface area (Å²) < 4.78 is 13.7. The fourth-order valence-electron chi connectivity index (χ4n) is 2.79. The van der Waals surface area contributed by atoms with Gasteiger partial charge in [-0.3, -0.25) is 9.36 Å². The molecule has 0 fully saturated rings. The van der Waals surface area contributed by atoms with Crippen LogP contribution in [0.4, 0.5) is 0 Å². The SMILES string of the molecule is COc1c(C(C)OC)nn(C)c(=O)c1-n1c(Cl)c(Cl)c2ccccc21. The molecule has 132 valence electrons. The van der Waals surface area contributed by atoms with Gasteiger partial charge in [0, 0.05) is 19.5 Å². The third-order valence-corrected chi connectivity index (χ3v) is 4.96. The van der Waals surface area contributed by atoms with Gasteiger partial charge >= 0.3 is 0 Å². The van der Waals surface area contributed by atoms with E-state index in [1.807, 2.05) is 31.2 Å². The Bertz CT molecular complexity index is 1010. The summed E-state index contributed by atoms with van der Waals surface area (Å²) in [5.74, 6) is 0.303. The smallest absolute Gasteiger partial charge is 0.294 e. The van der Waals surface area contributed by atoms with E-state index in [9.17, 15) is 4.79 Å². The first-order chi connectivity index (χ1) is 11.9. The molecule has 1 aromatic carbocycles. The quantitative estimate of drug-likeness (QED) is 0.690. The van der Waals surface area contributed by atoms with Crippen LogP contribution in [0.15, 0.2) is 29.1 Å². The Kier molecular flexibility index (Phi) is 4.77. The van der Waals surface area contributed by atoms with Crippen molar-refractivity contribution in [1.82, 2.24) is 14.3 Å². The Morgan fingerprint density at radius 2 is 1.88 bits per heavy atom. The average molecular weight is 382 g/mol. The molecule has 0 aliphatic rings. The fraction of sp³-hybridized carbons (Fsp3) is 0.294. The minimum Gasteiger partial charge on any atom is -0.492 e. The number of benzene rings is 1. The molecule has 1 unspecified atom stereocenters. The Hall–Kier alpha value is -2.02. The largest absolute Gasteiger partial charge is 0.492 e. The van der Waals surface area contributed by atoms with E-state index in [1.54, 1.807) is 18.7 Å². The summed E-state index contributed by atoms with van der Waals surface area (Å²) in [7, 11) is 4.61. The molecule has 3 rings (SSSR count). The second-order valence-corrected chi connectivity index (χ2v) is 6.27. The zero-order chi connectivity index (χ0) is 18.3. The first-order valence-electron chi connectivity index (χ1n) is 7.55. The third kappa shape index (κ3) is 2.70. The lowest BCUT2D eigenvalue weighted by atomic mass is 10.2. The van der Waals surface area contributed by atoms with E-state index < -0.39 is 0 Å². The number of rotatable bonds is 4. The van der Waals surface area contributed by atoms with Crippen LogP contribution in [0.1, 0.15) is 18.7 Å². The molecular formula is C17H17Cl2N3O3. The van der Waals surface area contributed by atoms with Crippen molar-refractivity contribution in [3.05, 3.63) is 50.5 Å². The van der Waals surface area contributed by atoms with E-state index in [2.05, 4.69) is 5.10 Å². The van der Waals surface area contributed by atoms with Crippen LogP contribution in [0.2, 0.25) is 10.2 Å². The monoisotopic (exact) mass is 381 g/mol. The summed E-state index contributed by atoms with van der Waals surface area (Å²) >= 11 is 12.8. The number of aromatic nitrogens is 3. The van der Waals surface area contributed by atoms with Crippen molar-refractivity contribution < 1.29 is 9.47 Å². The summed E-state index contributed by atoms with van der Waals surface area (Å²) in [4.78, 5) is 12.9. The van der Waals surface area contributed by atoms with Gasteiger partial charge in [-0.05, 0) is 13.0 Å². The van der Waals surface area contributed by atoms with Gasteiger partial charge < -0.3 is 9.47 Å². The first kappa shape index (κ1) is 17.8. The molecule has 25 heavy (non-hydrogen) atoms.